The van der Waals surface area contributed by atoms with Gasteiger partial charge in [-0.15, -0.1) is 0 Å². The standard InChI is InChI=1S/C16H24N2O2/c1-17-8-10-18(11-9-17)7-3-13-20-16-5-2-4-15(14-16)6-12-19/h2,4-5,12,14H,3,6-11,13H2,1H3. The number of carbonyl (C=O) groups is 1. The summed E-state index contributed by atoms with van der Waals surface area (Å²) in [4.78, 5) is 15.4. The molecule has 1 fully saturated rings. The Morgan fingerprint density at radius 3 is 2.80 bits per heavy atom. The number of aldehydes is 1. The van der Waals surface area contributed by atoms with E-state index in [1.165, 1.54) is 0 Å². The molecule has 0 spiro atoms. The lowest BCUT2D eigenvalue weighted by molar-refractivity contribution is -0.107. The van der Waals surface area contributed by atoms with Crippen LogP contribution in [-0.4, -0.2) is 62.5 Å². The van der Waals surface area contributed by atoms with Crippen molar-refractivity contribution in [3.8, 4) is 5.75 Å². The van der Waals surface area contributed by atoms with Crippen molar-refractivity contribution >= 4 is 6.29 Å². The minimum absolute atomic E-state index is 0.457. The predicted molar refractivity (Wildman–Crippen MR) is 80.3 cm³/mol. The van der Waals surface area contributed by atoms with Gasteiger partial charge in [-0.25, -0.2) is 0 Å². The minimum atomic E-state index is 0.457. The van der Waals surface area contributed by atoms with Crippen LogP contribution in [0, 0.1) is 0 Å². The molecule has 0 bridgehead atoms. The molecular weight excluding hydrogens is 252 g/mol. The number of piperazine rings is 1. The monoisotopic (exact) mass is 276 g/mol. The number of benzene rings is 1. The molecule has 0 saturated carbocycles. The third kappa shape index (κ3) is 4.94. The maximum atomic E-state index is 10.5. The number of hydrogen-bond acceptors (Lipinski definition) is 4. The summed E-state index contributed by atoms with van der Waals surface area (Å²) in [5, 5.41) is 0. The zero-order valence-corrected chi connectivity index (χ0v) is 12.3. The van der Waals surface area contributed by atoms with Crippen LogP contribution in [0.2, 0.25) is 0 Å². The molecule has 1 aromatic rings. The molecule has 1 saturated heterocycles. The largest absolute Gasteiger partial charge is 0.494 e. The molecular formula is C16H24N2O2. The van der Waals surface area contributed by atoms with Gasteiger partial charge in [0, 0.05) is 39.1 Å². The number of ether oxygens (including phenoxy) is 1. The lowest BCUT2D eigenvalue weighted by Gasteiger charge is -2.32. The van der Waals surface area contributed by atoms with Crippen LogP contribution in [0.5, 0.6) is 5.75 Å². The van der Waals surface area contributed by atoms with Gasteiger partial charge in [0.15, 0.2) is 0 Å². The Hall–Kier alpha value is -1.39. The van der Waals surface area contributed by atoms with Gasteiger partial charge in [-0.3, -0.25) is 0 Å². The molecule has 110 valence electrons. The van der Waals surface area contributed by atoms with Crippen LogP contribution in [-0.2, 0) is 11.2 Å². The fourth-order valence-electron chi connectivity index (χ4n) is 2.41. The fourth-order valence-corrected chi connectivity index (χ4v) is 2.41. The van der Waals surface area contributed by atoms with Crippen LogP contribution in [0.4, 0.5) is 0 Å². The van der Waals surface area contributed by atoms with E-state index >= 15 is 0 Å². The number of hydrogen-bond donors (Lipinski definition) is 0. The molecule has 0 unspecified atom stereocenters. The molecule has 1 aromatic carbocycles. The van der Waals surface area contributed by atoms with E-state index in [1.807, 2.05) is 24.3 Å². The normalized spacial score (nSPS) is 17.1. The molecule has 0 N–H and O–H groups in total. The summed E-state index contributed by atoms with van der Waals surface area (Å²) in [6.45, 7) is 6.47. The third-order valence-electron chi connectivity index (χ3n) is 3.70. The van der Waals surface area contributed by atoms with Gasteiger partial charge < -0.3 is 19.3 Å². The van der Waals surface area contributed by atoms with Crippen LogP contribution in [0.1, 0.15) is 12.0 Å². The molecule has 1 aliphatic heterocycles. The van der Waals surface area contributed by atoms with Crippen molar-refractivity contribution in [1.29, 1.82) is 0 Å². The smallest absolute Gasteiger partial charge is 0.124 e. The van der Waals surface area contributed by atoms with Crippen LogP contribution in [0.25, 0.3) is 0 Å². The summed E-state index contributed by atoms with van der Waals surface area (Å²) in [7, 11) is 2.17. The zero-order chi connectivity index (χ0) is 14.2. The van der Waals surface area contributed by atoms with Crippen LogP contribution in [0.3, 0.4) is 0 Å². The van der Waals surface area contributed by atoms with Gasteiger partial charge >= 0.3 is 0 Å². The van der Waals surface area contributed by atoms with E-state index in [1.54, 1.807) is 0 Å². The second-order valence-corrected chi connectivity index (χ2v) is 5.37. The first kappa shape index (κ1) is 15.0. The molecule has 1 heterocycles. The van der Waals surface area contributed by atoms with Crippen molar-refractivity contribution in [1.82, 2.24) is 9.80 Å². The van der Waals surface area contributed by atoms with E-state index in [-0.39, 0.29) is 0 Å². The van der Waals surface area contributed by atoms with E-state index in [0.29, 0.717) is 6.42 Å². The third-order valence-corrected chi connectivity index (χ3v) is 3.70. The summed E-state index contributed by atoms with van der Waals surface area (Å²) in [5.41, 5.74) is 1.01. The molecule has 4 nitrogen and oxygen atoms in total. The average Bonchev–Trinajstić information content (AvgIpc) is 2.46. The van der Waals surface area contributed by atoms with Crippen LogP contribution >= 0.6 is 0 Å². The molecule has 20 heavy (non-hydrogen) atoms. The van der Waals surface area contributed by atoms with Crippen molar-refractivity contribution in [2.75, 3.05) is 46.4 Å². The second kappa shape index (κ2) is 8.02. The van der Waals surface area contributed by atoms with E-state index < -0.39 is 0 Å². The average molecular weight is 276 g/mol. The molecule has 0 atom stereocenters. The summed E-state index contributed by atoms with van der Waals surface area (Å²) >= 11 is 0. The lowest BCUT2D eigenvalue weighted by atomic mass is 10.1. The number of nitrogens with zero attached hydrogens (tertiary/aromatic N) is 2. The van der Waals surface area contributed by atoms with Gasteiger partial charge in [-0.1, -0.05) is 12.1 Å². The zero-order valence-electron chi connectivity index (χ0n) is 12.3. The molecule has 0 aliphatic carbocycles. The summed E-state index contributed by atoms with van der Waals surface area (Å²) < 4.78 is 5.75. The molecule has 0 amide bonds. The van der Waals surface area contributed by atoms with Gasteiger partial charge in [-0.05, 0) is 31.2 Å². The second-order valence-electron chi connectivity index (χ2n) is 5.37. The van der Waals surface area contributed by atoms with E-state index in [4.69, 9.17) is 4.74 Å². The summed E-state index contributed by atoms with van der Waals surface area (Å²) in [6.07, 6.45) is 2.42. The van der Waals surface area contributed by atoms with Gasteiger partial charge in [0.2, 0.25) is 0 Å². The number of rotatable bonds is 7. The van der Waals surface area contributed by atoms with Crippen LogP contribution < -0.4 is 4.74 Å². The van der Waals surface area contributed by atoms with Crippen molar-refractivity contribution < 1.29 is 9.53 Å². The lowest BCUT2D eigenvalue weighted by Crippen LogP contribution is -2.44. The first-order valence-corrected chi connectivity index (χ1v) is 7.34. The van der Waals surface area contributed by atoms with Crippen molar-refractivity contribution in [2.24, 2.45) is 0 Å². The molecule has 4 heteroatoms. The maximum Gasteiger partial charge on any atom is 0.124 e. The van der Waals surface area contributed by atoms with Gasteiger partial charge in [-0.2, -0.15) is 0 Å². The number of carbonyl (C=O) groups excluding carboxylic acids is 1. The Kier molecular flexibility index (Phi) is 6.02. The van der Waals surface area contributed by atoms with Gasteiger partial charge in [0.1, 0.15) is 12.0 Å². The van der Waals surface area contributed by atoms with E-state index in [2.05, 4.69) is 16.8 Å². The minimum Gasteiger partial charge on any atom is -0.494 e. The Morgan fingerprint density at radius 1 is 1.25 bits per heavy atom. The quantitative estimate of drug-likeness (QED) is 0.557. The van der Waals surface area contributed by atoms with E-state index in [0.717, 1.165) is 63.4 Å². The predicted octanol–water partition coefficient (Wildman–Crippen LogP) is 1.44. The van der Waals surface area contributed by atoms with Crippen molar-refractivity contribution in [2.45, 2.75) is 12.8 Å². The fraction of sp³-hybridized carbons (Fsp3) is 0.562. The Labute approximate surface area is 121 Å². The van der Waals surface area contributed by atoms with Crippen LogP contribution in [0.15, 0.2) is 24.3 Å². The Balaban J connectivity index is 1.65. The van der Waals surface area contributed by atoms with Crippen molar-refractivity contribution in [3.05, 3.63) is 29.8 Å². The number of likely N-dealkylation sites (N-methyl/N-ethyl adjacent to an activating group) is 1. The highest BCUT2D eigenvalue weighted by Crippen LogP contribution is 2.13. The Morgan fingerprint density at radius 2 is 2.05 bits per heavy atom. The SMILES string of the molecule is CN1CCN(CCCOc2cccc(CC=O)c2)CC1. The first-order valence-electron chi connectivity index (χ1n) is 7.34. The molecule has 0 radical (unpaired) electrons. The molecule has 1 aliphatic rings. The Bertz CT molecular complexity index is 415. The summed E-state index contributed by atoms with van der Waals surface area (Å²) in [5.74, 6) is 0.864. The highest BCUT2D eigenvalue weighted by atomic mass is 16.5. The molecule has 2 rings (SSSR count). The molecule has 0 aromatic heterocycles. The highest BCUT2D eigenvalue weighted by Gasteiger charge is 2.12. The first-order chi connectivity index (χ1) is 9.78. The summed E-state index contributed by atoms with van der Waals surface area (Å²) in [6, 6.07) is 7.79. The topological polar surface area (TPSA) is 32.8 Å². The maximum absolute atomic E-state index is 10.5. The van der Waals surface area contributed by atoms with Crippen molar-refractivity contribution in [3.63, 3.8) is 0 Å². The van der Waals surface area contributed by atoms with Gasteiger partial charge in [0.05, 0.1) is 6.61 Å². The van der Waals surface area contributed by atoms with Gasteiger partial charge in [0.25, 0.3) is 0 Å². The highest BCUT2D eigenvalue weighted by molar-refractivity contribution is 5.55. The van der Waals surface area contributed by atoms with E-state index in [9.17, 15) is 4.79 Å².